The van der Waals surface area contributed by atoms with Gasteiger partial charge in [-0.15, -0.1) is 0 Å². The molecule has 88 valence electrons. The largest absolute Gasteiger partial charge is 0.379 e. The van der Waals surface area contributed by atoms with Crippen molar-refractivity contribution in [2.24, 2.45) is 0 Å². The van der Waals surface area contributed by atoms with Crippen molar-refractivity contribution in [2.75, 3.05) is 32.8 Å². The molecule has 1 aliphatic rings. The molecule has 0 aromatic carbocycles. The van der Waals surface area contributed by atoms with Crippen LogP contribution in [0.2, 0.25) is 0 Å². The van der Waals surface area contributed by atoms with E-state index in [-0.39, 0.29) is 5.56 Å². The van der Waals surface area contributed by atoms with E-state index in [1.807, 2.05) is 0 Å². The molecule has 5 nitrogen and oxygen atoms in total. The highest BCUT2D eigenvalue weighted by Crippen LogP contribution is 1.98. The SMILES string of the molecule is O=c1cc(I)cnn1CCN1CCOCC1. The van der Waals surface area contributed by atoms with Gasteiger partial charge in [-0.2, -0.15) is 5.10 Å². The Morgan fingerprint density at radius 1 is 1.38 bits per heavy atom. The van der Waals surface area contributed by atoms with Crippen molar-refractivity contribution in [3.63, 3.8) is 0 Å². The topological polar surface area (TPSA) is 47.4 Å². The van der Waals surface area contributed by atoms with Gasteiger partial charge in [-0.05, 0) is 22.6 Å². The second-order valence-corrected chi connectivity index (χ2v) is 4.93. The van der Waals surface area contributed by atoms with E-state index in [9.17, 15) is 4.79 Å². The summed E-state index contributed by atoms with van der Waals surface area (Å²) in [7, 11) is 0. The highest BCUT2D eigenvalue weighted by Gasteiger charge is 2.10. The first kappa shape index (κ1) is 12.0. The van der Waals surface area contributed by atoms with Crippen LogP contribution in [0.1, 0.15) is 0 Å². The van der Waals surface area contributed by atoms with Gasteiger partial charge in [0.05, 0.1) is 26.0 Å². The van der Waals surface area contributed by atoms with Crippen LogP contribution in [0.4, 0.5) is 0 Å². The molecule has 0 N–H and O–H groups in total. The van der Waals surface area contributed by atoms with Gasteiger partial charge in [-0.1, -0.05) is 0 Å². The maximum atomic E-state index is 11.6. The van der Waals surface area contributed by atoms with Crippen molar-refractivity contribution in [2.45, 2.75) is 6.54 Å². The third kappa shape index (κ3) is 3.26. The normalized spacial score (nSPS) is 17.6. The molecule has 0 atom stereocenters. The fourth-order valence-corrected chi connectivity index (χ4v) is 2.03. The minimum Gasteiger partial charge on any atom is -0.379 e. The number of halogens is 1. The molecule has 0 saturated carbocycles. The zero-order valence-corrected chi connectivity index (χ0v) is 11.1. The first-order valence-electron chi connectivity index (χ1n) is 5.28. The highest BCUT2D eigenvalue weighted by molar-refractivity contribution is 14.1. The predicted molar refractivity (Wildman–Crippen MR) is 68.5 cm³/mol. The summed E-state index contributed by atoms with van der Waals surface area (Å²) in [5.41, 5.74) is -0.0276. The quantitative estimate of drug-likeness (QED) is 0.740. The van der Waals surface area contributed by atoms with Crippen LogP contribution in [0, 0.1) is 3.57 Å². The van der Waals surface area contributed by atoms with Gasteiger partial charge in [0.15, 0.2) is 0 Å². The summed E-state index contributed by atoms with van der Waals surface area (Å²) in [5, 5.41) is 4.10. The van der Waals surface area contributed by atoms with Gasteiger partial charge in [-0.3, -0.25) is 9.69 Å². The van der Waals surface area contributed by atoms with Crippen LogP contribution >= 0.6 is 22.6 Å². The fourth-order valence-electron chi connectivity index (χ4n) is 1.64. The molecular weight excluding hydrogens is 321 g/mol. The van der Waals surface area contributed by atoms with Gasteiger partial charge in [-0.25, -0.2) is 4.68 Å². The van der Waals surface area contributed by atoms with E-state index in [1.54, 1.807) is 12.3 Å². The average molecular weight is 335 g/mol. The van der Waals surface area contributed by atoms with E-state index in [0.29, 0.717) is 6.54 Å². The molecule has 2 heterocycles. The molecule has 1 aliphatic heterocycles. The fraction of sp³-hybridized carbons (Fsp3) is 0.600. The van der Waals surface area contributed by atoms with Crippen LogP contribution in [0.25, 0.3) is 0 Å². The van der Waals surface area contributed by atoms with Crippen molar-refractivity contribution in [3.05, 3.63) is 26.2 Å². The maximum absolute atomic E-state index is 11.6. The molecule has 0 unspecified atom stereocenters. The summed E-state index contributed by atoms with van der Waals surface area (Å²) in [6, 6.07) is 1.60. The van der Waals surface area contributed by atoms with Gasteiger partial charge >= 0.3 is 0 Å². The molecule has 1 aromatic rings. The van der Waals surface area contributed by atoms with Crippen LogP contribution in [0.5, 0.6) is 0 Å². The predicted octanol–water partition coefficient (Wildman–Crippen LogP) is 0.180. The molecule has 0 aliphatic carbocycles. The van der Waals surface area contributed by atoms with Crippen molar-refractivity contribution in [1.82, 2.24) is 14.7 Å². The Labute approximate surface area is 108 Å². The van der Waals surface area contributed by atoms with E-state index in [1.165, 1.54) is 4.68 Å². The van der Waals surface area contributed by atoms with Gasteiger partial charge < -0.3 is 4.74 Å². The first-order chi connectivity index (χ1) is 7.75. The lowest BCUT2D eigenvalue weighted by Gasteiger charge is -2.26. The van der Waals surface area contributed by atoms with E-state index in [4.69, 9.17) is 4.74 Å². The Morgan fingerprint density at radius 2 is 2.12 bits per heavy atom. The van der Waals surface area contributed by atoms with Crippen molar-refractivity contribution in [1.29, 1.82) is 0 Å². The minimum absolute atomic E-state index is 0.0276. The lowest BCUT2D eigenvalue weighted by atomic mass is 10.4. The summed E-state index contributed by atoms with van der Waals surface area (Å²) in [4.78, 5) is 13.9. The molecular formula is C10H14IN3O2. The lowest BCUT2D eigenvalue weighted by molar-refractivity contribution is 0.0358. The standard InChI is InChI=1S/C10H14IN3O2/c11-9-7-10(15)14(12-8-9)2-1-13-3-5-16-6-4-13/h7-8H,1-6H2. The Balaban J connectivity index is 1.91. The number of nitrogens with zero attached hydrogens (tertiary/aromatic N) is 3. The van der Waals surface area contributed by atoms with E-state index < -0.39 is 0 Å². The molecule has 0 bridgehead atoms. The van der Waals surface area contributed by atoms with Gasteiger partial charge in [0.2, 0.25) is 0 Å². The summed E-state index contributed by atoms with van der Waals surface area (Å²) in [6.45, 7) is 4.97. The number of ether oxygens (including phenoxy) is 1. The molecule has 0 radical (unpaired) electrons. The average Bonchev–Trinajstić information content (AvgIpc) is 2.29. The third-order valence-electron chi connectivity index (χ3n) is 2.57. The van der Waals surface area contributed by atoms with Crippen LogP contribution in [0.3, 0.4) is 0 Å². The lowest BCUT2D eigenvalue weighted by Crippen LogP contribution is -2.39. The number of morpholine rings is 1. The molecule has 2 rings (SSSR count). The summed E-state index contributed by atoms with van der Waals surface area (Å²) in [5.74, 6) is 0. The van der Waals surface area contributed by atoms with E-state index >= 15 is 0 Å². The van der Waals surface area contributed by atoms with E-state index in [2.05, 4.69) is 32.6 Å². The van der Waals surface area contributed by atoms with Crippen LogP contribution in [-0.4, -0.2) is 47.5 Å². The third-order valence-corrected chi connectivity index (χ3v) is 3.16. The molecule has 0 spiro atoms. The monoisotopic (exact) mass is 335 g/mol. The second kappa shape index (κ2) is 5.74. The zero-order valence-electron chi connectivity index (χ0n) is 8.93. The minimum atomic E-state index is -0.0276. The summed E-state index contributed by atoms with van der Waals surface area (Å²) >= 11 is 2.09. The van der Waals surface area contributed by atoms with Crippen LogP contribution in [0.15, 0.2) is 17.1 Å². The van der Waals surface area contributed by atoms with Crippen molar-refractivity contribution >= 4 is 22.6 Å². The number of hydrogen-bond donors (Lipinski definition) is 0. The van der Waals surface area contributed by atoms with Gasteiger partial charge in [0.25, 0.3) is 5.56 Å². The van der Waals surface area contributed by atoms with Crippen molar-refractivity contribution in [3.8, 4) is 0 Å². The van der Waals surface area contributed by atoms with Crippen molar-refractivity contribution < 1.29 is 4.74 Å². The molecule has 1 fully saturated rings. The van der Waals surface area contributed by atoms with Crippen LogP contribution in [-0.2, 0) is 11.3 Å². The number of hydrogen-bond acceptors (Lipinski definition) is 4. The van der Waals surface area contributed by atoms with Gasteiger partial charge in [0, 0.05) is 29.3 Å². The smallest absolute Gasteiger partial charge is 0.267 e. The molecule has 1 aromatic heterocycles. The highest BCUT2D eigenvalue weighted by atomic mass is 127. The molecule has 16 heavy (non-hydrogen) atoms. The van der Waals surface area contributed by atoms with Gasteiger partial charge in [0.1, 0.15) is 0 Å². The number of rotatable bonds is 3. The number of aromatic nitrogens is 2. The molecule has 0 amide bonds. The Hall–Kier alpha value is -0.470. The molecule has 1 saturated heterocycles. The Kier molecular flexibility index (Phi) is 4.30. The maximum Gasteiger partial charge on any atom is 0.267 e. The first-order valence-corrected chi connectivity index (χ1v) is 6.36. The Morgan fingerprint density at radius 3 is 2.81 bits per heavy atom. The molecule has 6 heteroatoms. The van der Waals surface area contributed by atoms with Crippen LogP contribution < -0.4 is 5.56 Å². The summed E-state index contributed by atoms with van der Waals surface area (Å²) in [6.07, 6.45) is 1.71. The second-order valence-electron chi connectivity index (χ2n) is 3.69. The summed E-state index contributed by atoms with van der Waals surface area (Å²) < 4.78 is 7.66. The Bertz CT molecular complexity index is 401. The van der Waals surface area contributed by atoms with E-state index in [0.717, 1.165) is 36.4 Å². The zero-order chi connectivity index (χ0) is 11.4.